The van der Waals surface area contributed by atoms with Gasteiger partial charge in [-0.15, -0.1) is 12.4 Å². The molecule has 8 heteroatoms. The van der Waals surface area contributed by atoms with E-state index in [0.29, 0.717) is 23.9 Å². The second-order valence-corrected chi connectivity index (χ2v) is 5.68. The number of ether oxygens (including phenoxy) is 1. The van der Waals surface area contributed by atoms with Gasteiger partial charge in [0.1, 0.15) is 0 Å². The average molecular weight is 362 g/mol. The van der Waals surface area contributed by atoms with Crippen LogP contribution in [0.3, 0.4) is 0 Å². The number of carbonyl (C=O) groups excluding carboxylic acids is 2. The fraction of sp³-hybridized carbons (Fsp3) is 0.467. The molecule has 0 aliphatic carbocycles. The maximum absolute atomic E-state index is 12.0. The summed E-state index contributed by atoms with van der Waals surface area (Å²) in [6.07, 6.45) is 1.54. The van der Waals surface area contributed by atoms with Crippen LogP contribution in [0.25, 0.3) is 0 Å². The number of hydrogen-bond donors (Lipinski definition) is 3. The first kappa shape index (κ1) is 19.7. The fourth-order valence-electron chi connectivity index (χ4n) is 2.31. The van der Waals surface area contributed by atoms with Crippen LogP contribution in [0.4, 0.5) is 5.69 Å². The van der Waals surface area contributed by atoms with E-state index in [0.717, 1.165) is 12.8 Å². The zero-order valence-corrected chi connectivity index (χ0v) is 14.2. The topological polar surface area (TPSA) is 93.5 Å². The molecule has 0 spiro atoms. The Labute approximate surface area is 146 Å². The highest BCUT2D eigenvalue weighted by Crippen LogP contribution is 2.17. The third-order valence-corrected chi connectivity index (χ3v) is 3.88. The maximum Gasteiger partial charge on any atom is 0.243 e. The first-order chi connectivity index (χ1) is 10.6. The van der Waals surface area contributed by atoms with E-state index in [1.165, 1.54) is 0 Å². The van der Waals surface area contributed by atoms with Gasteiger partial charge in [-0.2, -0.15) is 0 Å². The third kappa shape index (κ3) is 6.35. The Hall–Kier alpha value is -1.34. The molecule has 1 atom stereocenters. The summed E-state index contributed by atoms with van der Waals surface area (Å²) >= 11 is 5.77. The molecule has 0 saturated carbocycles. The lowest BCUT2D eigenvalue weighted by Gasteiger charge is -2.26. The normalized spacial score (nSPS) is 16.1. The Balaban J connectivity index is 0.00000264. The average Bonchev–Trinajstić information content (AvgIpc) is 2.55. The van der Waals surface area contributed by atoms with Crippen LogP contribution < -0.4 is 16.4 Å². The lowest BCUT2D eigenvalue weighted by Crippen LogP contribution is -2.48. The van der Waals surface area contributed by atoms with Crippen molar-refractivity contribution >= 4 is 41.5 Å². The minimum atomic E-state index is -0.604. The molecule has 4 N–H and O–H groups in total. The number of halogens is 2. The van der Waals surface area contributed by atoms with E-state index >= 15 is 0 Å². The van der Waals surface area contributed by atoms with Crippen molar-refractivity contribution in [3.8, 4) is 0 Å². The van der Waals surface area contributed by atoms with Crippen LogP contribution in [0, 0.1) is 5.92 Å². The SMILES string of the molecule is Cl.NC(C(=O)NCC(=O)Nc1ccc(Cl)cc1)C1CCOCC1. The van der Waals surface area contributed by atoms with Gasteiger partial charge in [-0.3, -0.25) is 9.59 Å². The quantitative estimate of drug-likeness (QED) is 0.741. The van der Waals surface area contributed by atoms with Gasteiger partial charge in [-0.05, 0) is 43.0 Å². The van der Waals surface area contributed by atoms with E-state index in [2.05, 4.69) is 10.6 Å². The van der Waals surface area contributed by atoms with Crippen LogP contribution >= 0.6 is 24.0 Å². The van der Waals surface area contributed by atoms with Gasteiger partial charge in [0.05, 0.1) is 12.6 Å². The van der Waals surface area contributed by atoms with Crippen molar-refractivity contribution in [2.24, 2.45) is 11.7 Å². The van der Waals surface area contributed by atoms with Crippen molar-refractivity contribution in [2.75, 3.05) is 25.1 Å². The molecule has 2 amide bonds. The summed E-state index contributed by atoms with van der Waals surface area (Å²) in [5.74, 6) is -0.513. The van der Waals surface area contributed by atoms with Crippen molar-refractivity contribution in [1.82, 2.24) is 5.32 Å². The van der Waals surface area contributed by atoms with Gasteiger partial charge >= 0.3 is 0 Å². The molecular weight excluding hydrogens is 341 g/mol. The molecule has 1 saturated heterocycles. The molecule has 1 aromatic rings. The van der Waals surface area contributed by atoms with Crippen LogP contribution in [0.5, 0.6) is 0 Å². The molecule has 23 heavy (non-hydrogen) atoms. The van der Waals surface area contributed by atoms with Crippen LogP contribution in [0.2, 0.25) is 5.02 Å². The number of benzene rings is 1. The van der Waals surface area contributed by atoms with Crippen LogP contribution in [0.1, 0.15) is 12.8 Å². The molecule has 2 rings (SSSR count). The standard InChI is InChI=1S/C15H20ClN3O3.ClH/c16-11-1-3-12(4-2-11)19-13(20)9-18-15(21)14(17)10-5-7-22-8-6-10;/h1-4,10,14H,5-9,17H2,(H,18,21)(H,19,20);1H. The Kier molecular flexibility index (Phi) is 8.33. The van der Waals surface area contributed by atoms with Gasteiger partial charge < -0.3 is 21.1 Å². The lowest BCUT2D eigenvalue weighted by molar-refractivity contribution is -0.126. The number of carbonyl (C=O) groups is 2. The number of nitrogens with two attached hydrogens (primary N) is 1. The summed E-state index contributed by atoms with van der Waals surface area (Å²) in [5, 5.41) is 5.83. The van der Waals surface area contributed by atoms with Gasteiger partial charge in [-0.25, -0.2) is 0 Å². The Bertz CT molecular complexity index is 519. The molecule has 6 nitrogen and oxygen atoms in total. The summed E-state index contributed by atoms with van der Waals surface area (Å²) in [6, 6.07) is 6.13. The lowest BCUT2D eigenvalue weighted by atomic mass is 9.92. The summed E-state index contributed by atoms with van der Waals surface area (Å²) in [4.78, 5) is 23.8. The predicted molar refractivity (Wildman–Crippen MR) is 91.9 cm³/mol. The zero-order valence-electron chi connectivity index (χ0n) is 12.6. The highest BCUT2D eigenvalue weighted by Gasteiger charge is 2.26. The molecule has 0 bridgehead atoms. The van der Waals surface area contributed by atoms with Crippen molar-refractivity contribution in [1.29, 1.82) is 0 Å². The van der Waals surface area contributed by atoms with Crippen molar-refractivity contribution in [3.05, 3.63) is 29.3 Å². The van der Waals surface area contributed by atoms with E-state index < -0.39 is 6.04 Å². The monoisotopic (exact) mass is 361 g/mol. The minimum absolute atomic E-state index is 0. The highest BCUT2D eigenvalue weighted by atomic mass is 35.5. The van der Waals surface area contributed by atoms with Crippen molar-refractivity contribution < 1.29 is 14.3 Å². The first-order valence-electron chi connectivity index (χ1n) is 7.22. The summed E-state index contributed by atoms with van der Waals surface area (Å²) < 4.78 is 5.24. The van der Waals surface area contributed by atoms with E-state index in [1.807, 2.05) is 0 Å². The molecule has 1 aromatic carbocycles. The van der Waals surface area contributed by atoms with E-state index in [1.54, 1.807) is 24.3 Å². The van der Waals surface area contributed by atoms with Gasteiger partial charge in [0.25, 0.3) is 0 Å². The van der Waals surface area contributed by atoms with Crippen LogP contribution in [-0.4, -0.2) is 37.6 Å². The van der Waals surface area contributed by atoms with Gasteiger partial charge in [0, 0.05) is 23.9 Å². The molecule has 128 valence electrons. The van der Waals surface area contributed by atoms with Crippen molar-refractivity contribution in [3.63, 3.8) is 0 Å². The van der Waals surface area contributed by atoms with Gasteiger partial charge in [0.15, 0.2) is 0 Å². The number of rotatable bonds is 5. The predicted octanol–water partition coefficient (Wildman–Crippen LogP) is 1.57. The number of amides is 2. The Morgan fingerprint density at radius 2 is 1.87 bits per heavy atom. The zero-order chi connectivity index (χ0) is 15.9. The molecule has 0 aromatic heterocycles. The first-order valence-corrected chi connectivity index (χ1v) is 7.60. The van der Waals surface area contributed by atoms with Gasteiger partial charge in [0.2, 0.25) is 11.8 Å². The molecule has 0 radical (unpaired) electrons. The Morgan fingerprint density at radius 1 is 1.26 bits per heavy atom. The second kappa shape index (κ2) is 9.72. The number of nitrogens with one attached hydrogen (secondary N) is 2. The Morgan fingerprint density at radius 3 is 2.48 bits per heavy atom. The van der Waals surface area contributed by atoms with E-state index in [9.17, 15) is 9.59 Å². The molecule has 1 aliphatic rings. The minimum Gasteiger partial charge on any atom is -0.381 e. The molecule has 1 unspecified atom stereocenters. The fourth-order valence-corrected chi connectivity index (χ4v) is 2.44. The van der Waals surface area contributed by atoms with Crippen LogP contribution in [0.15, 0.2) is 24.3 Å². The molecule has 1 aliphatic heterocycles. The smallest absolute Gasteiger partial charge is 0.243 e. The summed E-state index contributed by atoms with van der Waals surface area (Å²) in [6.45, 7) is 1.14. The second-order valence-electron chi connectivity index (χ2n) is 5.25. The molecular formula is C15H21Cl2N3O3. The maximum atomic E-state index is 12.0. The molecule has 1 heterocycles. The number of anilines is 1. The van der Waals surface area contributed by atoms with Crippen LogP contribution in [-0.2, 0) is 14.3 Å². The van der Waals surface area contributed by atoms with Crippen molar-refractivity contribution in [2.45, 2.75) is 18.9 Å². The highest BCUT2D eigenvalue weighted by molar-refractivity contribution is 6.30. The largest absolute Gasteiger partial charge is 0.381 e. The van der Waals surface area contributed by atoms with E-state index in [-0.39, 0.29) is 36.7 Å². The van der Waals surface area contributed by atoms with Gasteiger partial charge in [-0.1, -0.05) is 11.6 Å². The number of hydrogen-bond acceptors (Lipinski definition) is 4. The molecule has 1 fully saturated rings. The summed E-state index contributed by atoms with van der Waals surface area (Å²) in [5.41, 5.74) is 6.56. The third-order valence-electron chi connectivity index (χ3n) is 3.63. The van der Waals surface area contributed by atoms with E-state index in [4.69, 9.17) is 22.1 Å². The summed E-state index contributed by atoms with van der Waals surface area (Å²) in [7, 11) is 0.